The predicted octanol–water partition coefficient (Wildman–Crippen LogP) is 3.92. The van der Waals surface area contributed by atoms with Crippen molar-refractivity contribution in [3.63, 3.8) is 0 Å². The lowest BCUT2D eigenvalue weighted by atomic mass is 9.53. The van der Waals surface area contributed by atoms with Crippen molar-refractivity contribution in [3.05, 3.63) is 28.8 Å². The molecule has 4 rings (SSSR count). The second kappa shape index (κ2) is 4.77. The van der Waals surface area contributed by atoms with Crippen molar-refractivity contribution in [2.24, 2.45) is 17.3 Å². The third kappa shape index (κ3) is 1.81. The molecule has 1 aromatic carbocycles. The summed E-state index contributed by atoms with van der Waals surface area (Å²) in [6.07, 6.45) is 11.6. The molecule has 2 nitrogen and oxygen atoms in total. The highest BCUT2D eigenvalue weighted by atomic mass is 16.3. The molecule has 0 bridgehead atoms. The molecule has 2 saturated carbocycles. The van der Waals surface area contributed by atoms with Crippen LogP contribution in [0.1, 0.15) is 61.6 Å². The molecule has 0 unspecified atom stereocenters. The van der Waals surface area contributed by atoms with Crippen LogP contribution < -0.4 is 0 Å². The zero-order valence-electron chi connectivity index (χ0n) is 14.1. The molecule has 122 valence electrons. The van der Waals surface area contributed by atoms with Gasteiger partial charge in [-0.2, -0.15) is 0 Å². The molecule has 2 fully saturated rings. The first-order valence-corrected chi connectivity index (χ1v) is 8.93. The molecule has 2 N–H and O–H groups in total. The van der Waals surface area contributed by atoms with Crippen LogP contribution in [0.5, 0.6) is 5.75 Å². The number of rotatable bonds is 0. The predicted molar refractivity (Wildman–Crippen MR) is 91.2 cm³/mol. The van der Waals surface area contributed by atoms with E-state index in [1.807, 2.05) is 12.1 Å². The van der Waals surface area contributed by atoms with Crippen LogP contribution in [0.3, 0.4) is 0 Å². The van der Waals surface area contributed by atoms with Gasteiger partial charge in [0.1, 0.15) is 11.4 Å². The molecule has 3 aliphatic carbocycles. The van der Waals surface area contributed by atoms with E-state index in [2.05, 4.69) is 19.8 Å². The molecule has 1 aromatic rings. The van der Waals surface area contributed by atoms with Gasteiger partial charge in [-0.3, -0.25) is 0 Å². The fourth-order valence-electron chi connectivity index (χ4n) is 6.12. The Balaban J connectivity index is 1.77. The van der Waals surface area contributed by atoms with E-state index in [1.165, 1.54) is 16.7 Å². The van der Waals surface area contributed by atoms with E-state index in [0.29, 0.717) is 23.5 Å². The van der Waals surface area contributed by atoms with Crippen LogP contribution >= 0.6 is 0 Å². The molecule has 0 aromatic heterocycles. The number of hydrogen-bond acceptors (Lipinski definition) is 2. The summed E-state index contributed by atoms with van der Waals surface area (Å²) < 4.78 is 0. The van der Waals surface area contributed by atoms with Gasteiger partial charge in [0.25, 0.3) is 0 Å². The average molecular weight is 310 g/mol. The third-order valence-electron chi connectivity index (χ3n) is 7.49. The van der Waals surface area contributed by atoms with Gasteiger partial charge in [-0.1, -0.05) is 18.9 Å². The summed E-state index contributed by atoms with van der Waals surface area (Å²) in [6, 6.07) is 3.89. The first-order valence-electron chi connectivity index (χ1n) is 8.93. The summed E-state index contributed by atoms with van der Waals surface area (Å²) in [6.45, 7) is 4.35. The normalized spacial score (nSPS) is 41.6. The van der Waals surface area contributed by atoms with E-state index in [4.69, 9.17) is 6.42 Å². The van der Waals surface area contributed by atoms with Crippen molar-refractivity contribution >= 4 is 0 Å². The Kier molecular flexibility index (Phi) is 3.13. The molecule has 0 saturated heterocycles. The van der Waals surface area contributed by atoms with E-state index < -0.39 is 5.60 Å². The highest BCUT2D eigenvalue weighted by Gasteiger charge is 2.61. The lowest BCUT2D eigenvalue weighted by Gasteiger charge is -2.52. The number of terminal acetylenes is 1. The summed E-state index contributed by atoms with van der Waals surface area (Å²) in [4.78, 5) is 0. The van der Waals surface area contributed by atoms with Crippen molar-refractivity contribution in [1.82, 2.24) is 0 Å². The third-order valence-corrected chi connectivity index (χ3v) is 7.49. The number of hydrogen-bond donors (Lipinski definition) is 2. The molecule has 3 aliphatic rings. The van der Waals surface area contributed by atoms with Gasteiger partial charge in [-0.05, 0) is 80.4 Å². The van der Waals surface area contributed by atoms with Crippen LogP contribution in [0.25, 0.3) is 0 Å². The number of benzene rings is 1. The number of fused-ring (bicyclic) bond motifs is 5. The van der Waals surface area contributed by atoms with Gasteiger partial charge < -0.3 is 10.2 Å². The number of phenolic OH excluding ortho intramolecular Hbond substituents is 1. The minimum Gasteiger partial charge on any atom is -0.508 e. The second-order valence-corrected chi connectivity index (χ2v) is 8.21. The Labute approximate surface area is 138 Å². The summed E-state index contributed by atoms with van der Waals surface area (Å²) in [7, 11) is 0. The Bertz CT molecular complexity index is 701. The average Bonchev–Trinajstić information content (AvgIpc) is 2.83. The van der Waals surface area contributed by atoms with Crippen LogP contribution in [0, 0.1) is 36.5 Å². The topological polar surface area (TPSA) is 40.5 Å². The van der Waals surface area contributed by atoms with Gasteiger partial charge >= 0.3 is 0 Å². The lowest BCUT2D eigenvalue weighted by Crippen LogP contribution is -2.50. The van der Waals surface area contributed by atoms with E-state index in [-0.39, 0.29) is 5.41 Å². The van der Waals surface area contributed by atoms with Crippen LogP contribution in [0.4, 0.5) is 0 Å². The summed E-state index contributed by atoms with van der Waals surface area (Å²) in [5.41, 5.74) is 2.74. The highest BCUT2D eigenvalue weighted by molar-refractivity contribution is 5.48. The van der Waals surface area contributed by atoms with E-state index in [9.17, 15) is 10.2 Å². The molecular weight excluding hydrogens is 284 g/mol. The lowest BCUT2D eigenvalue weighted by molar-refractivity contribution is -0.0648. The maximum Gasteiger partial charge on any atom is 0.130 e. The van der Waals surface area contributed by atoms with Gasteiger partial charge in [0.05, 0.1) is 0 Å². The minimum absolute atomic E-state index is 0.167. The van der Waals surface area contributed by atoms with E-state index in [1.54, 1.807) is 0 Å². The number of aromatic hydroxyl groups is 1. The van der Waals surface area contributed by atoms with Crippen LogP contribution in [0.2, 0.25) is 0 Å². The standard InChI is InChI=1S/C21H26O2/c1-4-21(23)12-10-17-15-7-6-14-13(2)5-8-18(22)19(14)16(15)9-11-20(17,21)3/h1,5,8,15-17,22-23H,6-7,9-12H2,2-3H3/t15-,16+,17+,20-,21+/m1/s1. The molecule has 23 heavy (non-hydrogen) atoms. The van der Waals surface area contributed by atoms with E-state index >= 15 is 0 Å². The first-order chi connectivity index (χ1) is 10.9. The van der Waals surface area contributed by atoms with Crippen molar-refractivity contribution < 1.29 is 10.2 Å². The van der Waals surface area contributed by atoms with Crippen LogP contribution in [0.15, 0.2) is 12.1 Å². The Morgan fingerprint density at radius 3 is 2.74 bits per heavy atom. The molecule has 0 aliphatic heterocycles. The number of aryl methyl sites for hydroxylation is 1. The zero-order valence-corrected chi connectivity index (χ0v) is 14.1. The van der Waals surface area contributed by atoms with E-state index in [0.717, 1.165) is 38.5 Å². The number of aliphatic hydroxyl groups is 1. The highest BCUT2D eigenvalue weighted by Crippen LogP contribution is 2.64. The monoisotopic (exact) mass is 310 g/mol. The van der Waals surface area contributed by atoms with Crippen LogP contribution in [-0.4, -0.2) is 15.8 Å². The molecule has 0 radical (unpaired) electrons. The first kappa shape index (κ1) is 15.1. The molecule has 0 spiro atoms. The van der Waals surface area contributed by atoms with Crippen molar-refractivity contribution in [2.75, 3.05) is 0 Å². The maximum absolute atomic E-state index is 11.0. The molecule has 0 amide bonds. The molecule has 0 heterocycles. The summed E-state index contributed by atoms with van der Waals surface area (Å²) >= 11 is 0. The SMILES string of the molecule is C#C[C@]1(O)CC[C@H]2[C@@H]3CCc4c(C)ccc(O)c4[C@H]3CC[C@]21C. The van der Waals surface area contributed by atoms with Crippen LogP contribution in [-0.2, 0) is 6.42 Å². The summed E-state index contributed by atoms with van der Waals surface area (Å²) in [5.74, 6) is 4.62. The fraction of sp³-hybridized carbons (Fsp3) is 0.619. The van der Waals surface area contributed by atoms with Gasteiger partial charge in [-0.25, -0.2) is 0 Å². The van der Waals surface area contributed by atoms with Crippen molar-refractivity contribution in [2.45, 2.75) is 63.9 Å². The van der Waals surface area contributed by atoms with Gasteiger partial charge in [0.2, 0.25) is 0 Å². The minimum atomic E-state index is -0.947. The Morgan fingerprint density at radius 1 is 1.22 bits per heavy atom. The van der Waals surface area contributed by atoms with Crippen molar-refractivity contribution in [3.8, 4) is 18.1 Å². The smallest absolute Gasteiger partial charge is 0.130 e. The molecular formula is C21H26O2. The second-order valence-electron chi connectivity index (χ2n) is 8.21. The molecule has 2 heteroatoms. The Morgan fingerprint density at radius 2 is 2.00 bits per heavy atom. The maximum atomic E-state index is 11.0. The fourth-order valence-corrected chi connectivity index (χ4v) is 6.12. The largest absolute Gasteiger partial charge is 0.508 e. The zero-order chi connectivity index (χ0) is 16.4. The van der Waals surface area contributed by atoms with Gasteiger partial charge in [0.15, 0.2) is 0 Å². The Hall–Kier alpha value is -1.46. The van der Waals surface area contributed by atoms with Gasteiger partial charge in [-0.15, -0.1) is 6.42 Å². The molecule has 5 atom stereocenters. The summed E-state index contributed by atoms with van der Waals surface area (Å²) in [5, 5.41) is 21.4. The number of phenols is 1. The van der Waals surface area contributed by atoms with Gasteiger partial charge in [0, 0.05) is 11.0 Å². The van der Waals surface area contributed by atoms with Crippen molar-refractivity contribution in [1.29, 1.82) is 0 Å². The quantitative estimate of drug-likeness (QED) is 0.713.